The zero-order valence-corrected chi connectivity index (χ0v) is 16.1. The first-order chi connectivity index (χ1) is 11.1. The van der Waals surface area contributed by atoms with Gasteiger partial charge >= 0.3 is 0 Å². The lowest BCUT2D eigenvalue weighted by Gasteiger charge is -2.30. The van der Waals surface area contributed by atoms with Gasteiger partial charge in [-0.25, -0.2) is 4.99 Å². The van der Waals surface area contributed by atoms with Crippen LogP contribution >= 0.6 is 0 Å². The minimum Gasteiger partial charge on any atom is -0.463 e. The highest BCUT2D eigenvalue weighted by Crippen LogP contribution is 2.23. The number of guanidine groups is 1. The second-order valence-corrected chi connectivity index (χ2v) is 7.35. The molecule has 1 aromatic heterocycles. The second-order valence-electron chi connectivity index (χ2n) is 7.35. The van der Waals surface area contributed by atoms with Crippen molar-refractivity contribution in [3.05, 3.63) is 23.7 Å². The molecule has 1 aromatic rings. The smallest absolute Gasteiger partial charge is 0.191 e. The number of aliphatic hydroxyl groups is 1. The molecule has 0 aromatic carbocycles. The molecule has 1 heterocycles. The zero-order chi connectivity index (χ0) is 18.4. The summed E-state index contributed by atoms with van der Waals surface area (Å²) in [6, 6.07) is 3.62. The summed E-state index contributed by atoms with van der Waals surface area (Å²) in [5.41, 5.74) is -1.13. The molecule has 24 heavy (non-hydrogen) atoms. The van der Waals surface area contributed by atoms with Crippen molar-refractivity contribution in [2.75, 3.05) is 26.7 Å². The van der Waals surface area contributed by atoms with Gasteiger partial charge in [-0.3, -0.25) is 0 Å². The number of ether oxygens (including phenoxy) is 1. The first-order valence-corrected chi connectivity index (χ1v) is 8.44. The third-order valence-electron chi connectivity index (χ3n) is 3.87. The summed E-state index contributed by atoms with van der Waals surface area (Å²) in [7, 11) is 1.71. The molecular formula is C18H33N3O3. The maximum absolute atomic E-state index is 10.6. The summed E-state index contributed by atoms with van der Waals surface area (Å²) < 4.78 is 11.1. The van der Waals surface area contributed by atoms with E-state index in [-0.39, 0.29) is 18.1 Å². The first kappa shape index (κ1) is 20.5. The summed E-state index contributed by atoms with van der Waals surface area (Å²) in [6.45, 7) is 13.5. The van der Waals surface area contributed by atoms with Crippen LogP contribution in [0.15, 0.2) is 21.5 Å². The van der Waals surface area contributed by atoms with Crippen LogP contribution in [0.1, 0.15) is 46.1 Å². The van der Waals surface area contributed by atoms with Crippen molar-refractivity contribution in [2.45, 2.75) is 53.2 Å². The molecule has 6 nitrogen and oxygen atoms in total. The van der Waals surface area contributed by atoms with Crippen molar-refractivity contribution in [3.63, 3.8) is 0 Å². The van der Waals surface area contributed by atoms with Crippen LogP contribution in [-0.2, 0) is 10.3 Å². The fraction of sp³-hybridized carbons (Fsp3) is 0.722. The van der Waals surface area contributed by atoms with Gasteiger partial charge in [0.1, 0.15) is 17.1 Å². The number of nitrogens with zero attached hydrogens (tertiary/aromatic N) is 1. The lowest BCUT2D eigenvalue weighted by Crippen LogP contribution is -2.45. The Kier molecular flexibility index (Phi) is 7.29. The maximum Gasteiger partial charge on any atom is 0.191 e. The van der Waals surface area contributed by atoms with Crippen LogP contribution in [0.2, 0.25) is 0 Å². The number of furan rings is 1. The van der Waals surface area contributed by atoms with Crippen molar-refractivity contribution >= 4 is 5.96 Å². The highest BCUT2D eigenvalue weighted by molar-refractivity contribution is 5.79. The van der Waals surface area contributed by atoms with E-state index in [2.05, 4.69) is 36.4 Å². The molecule has 0 saturated heterocycles. The molecule has 0 amide bonds. The number of methoxy groups -OCH3 is 1. The molecular weight excluding hydrogens is 306 g/mol. The standard InChI is InChI=1S/C18H33N3O3/c1-8-19-16(20-11-15(23-7)17(3,4)5)21-12-18(6,22)14-10-9-13(2)24-14/h9-10,15,22H,8,11-12H2,1-7H3,(H2,19,20,21). The molecule has 2 unspecified atom stereocenters. The van der Waals surface area contributed by atoms with Crippen molar-refractivity contribution < 1.29 is 14.3 Å². The van der Waals surface area contributed by atoms with E-state index in [1.54, 1.807) is 20.1 Å². The SMILES string of the molecule is CCNC(=NCC(C)(O)c1ccc(C)o1)NCC(OC)C(C)(C)C. The van der Waals surface area contributed by atoms with Crippen LogP contribution in [-0.4, -0.2) is 43.9 Å². The summed E-state index contributed by atoms with van der Waals surface area (Å²) in [5, 5.41) is 17.1. The minimum absolute atomic E-state index is 0.0241. The van der Waals surface area contributed by atoms with E-state index in [1.807, 2.05) is 19.9 Å². The summed E-state index contributed by atoms with van der Waals surface area (Å²) in [5.74, 6) is 1.93. The quantitative estimate of drug-likeness (QED) is 0.525. The number of aliphatic imine (C=N–C) groups is 1. The number of hydrogen-bond donors (Lipinski definition) is 3. The van der Waals surface area contributed by atoms with Crippen LogP contribution in [0.5, 0.6) is 0 Å². The van der Waals surface area contributed by atoms with Gasteiger partial charge in [0.15, 0.2) is 5.96 Å². The van der Waals surface area contributed by atoms with Gasteiger partial charge in [-0.2, -0.15) is 0 Å². The number of aryl methyl sites for hydroxylation is 1. The molecule has 0 aliphatic carbocycles. The van der Waals surface area contributed by atoms with E-state index < -0.39 is 5.60 Å². The van der Waals surface area contributed by atoms with E-state index in [1.165, 1.54) is 0 Å². The Hall–Kier alpha value is -1.53. The van der Waals surface area contributed by atoms with E-state index >= 15 is 0 Å². The fourth-order valence-corrected chi connectivity index (χ4v) is 2.31. The molecule has 0 aliphatic rings. The molecule has 138 valence electrons. The number of hydrogen-bond acceptors (Lipinski definition) is 4. The van der Waals surface area contributed by atoms with Gasteiger partial charge < -0.3 is 24.9 Å². The van der Waals surface area contributed by atoms with Crippen molar-refractivity contribution in [3.8, 4) is 0 Å². The summed E-state index contributed by atoms with van der Waals surface area (Å²) in [4.78, 5) is 4.49. The summed E-state index contributed by atoms with van der Waals surface area (Å²) >= 11 is 0. The summed E-state index contributed by atoms with van der Waals surface area (Å²) in [6.07, 6.45) is 0.0505. The highest BCUT2D eigenvalue weighted by Gasteiger charge is 2.27. The Labute approximate surface area is 145 Å². The van der Waals surface area contributed by atoms with E-state index in [0.717, 1.165) is 12.3 Å². The first-order valence-electron chi connectivity index (χ1n) is 8.44. The Balaban J connectivity index is 2.74. The van der Waals surface area contributed by atoms with Crippen molar-refractivity contribution in [2.24, 2.45) is 10.4 Å². The Morgan fingerprint density at radius 2 is 1.96 bits per heavy atom. The van der Waals surface area contributed by atoms with Crippen LogP contribution in [0, 0.1) is 12.3 Å². The molecule has 0 aliphatic heterocycles. The van der Waals surface area contributed by atoms with E-state index in [9.17, 15) is 5.11 Å². The molecule has 0 spiro atoms. The molecule has 2 atom stereocenters. The van der Waals surface area contributed by atoms with Gasteiger partial charge in [-0.15, -0.1) is 0 Å². The fourth-order valence-electron chi connectivity index (χ4n) is 2.31. The number of rotatable bonds is 7. The van der Waals surface area contributed by atoms with E-state index in [4.69, 9.17) is 9.15 Å². The molecule has 0 saturated carbocycles. The average molecular weight is 339 g/mol. The Bertz CT molecular complexity index is 530. The predicted octanol–water partition coefficient (Wildman–Crippen LogP) is 2.41. The van der Waals surface area contributed by atoms with Crippen LogP contribution in [0.25, 0.3) is 0 Å². The van der Waals surface area contributed by atoms with Gasteiger partial charge in [0.2, 0.25) is 0 Å². The second kappa shape index (κ2) is 8.53. The largest absolute Gasteiger partial charge is 0.463 e. The molecule has 0 fully saturated rings. The van der Waals surface area contributed by atoms with E-state index in [0.29, 0.717) is 18.3 Å². The molecule has 0 bridgehead atoms. The third kappa shape index (κ3) is 6.17. The monoisotopic (exact) mass is 339 g/mol. The zero-order valence-electron chi connectivity index (χ0n) is 16.1. The third-order valence-corrected chi connectivity index (χ3v) is 3.87. The van der Waals surface area contributed by atoms with Gasteiger partial charge in [0.25, 0.3) is 0 Å². The Morgan fingerprint density at radius 1 is 1.29 bits per heavy atom. The minimum atomic E-state index is -1.15. The molecule has 3 N–H and O–H groups in total. The van der Waals surface area contributed by atoms with Crippen LogP contribution < -0.4 is 10.6 Å². The maximum atomic E-state index is 10.6. The lowest BCUT2D eigenvalue weighted by molar-refractivity contribution is 0.0204. The predicted molar refractivity (Wildman–Crippen MR) is 97.2 cm³/mol. The number of nitrogens with one attached hydrogen (secondary N) is 2. The molecule has 0 radical (unpaired) electrons. The van der Waals surface area contributed by atoms with Crippen LogP contribution in [0.4, 0.5) is 0 Å². The molecule has 1 rings (SSSR count). The van der Waals surface area contributed by atoms with Crippen molar-refractivity contribution in [1.29, 1.82) is 0 Å². The normalized spacial score (nSPS) is 16.6. The highest BCUT2D eigenvalue weighted by atomic mass is 16.5. The van der Waals surface area contributed by atoms with Gasteiger partial charge in [0.05, 0.1) is 12.6 Å². The lowest BCUT2D eigenvalue weighted by atomic mass is 9.89. The van der Waals surface area contributed by atoms with Gasteiger partial charge in [-0.05, 0) is 38.3 Å². The van der Waals surface area contributed by atoms with Gasteiger partial charge in [0, 0.05) is 20.2 Å². The molecule has 6 heteroatoms. The van der Waals surface area contributed by atoms with Gasteiger partial charge in [-0.1, -0.05) is 20.8 Å². The topological polar surface area (TPSA) is 79.0 Å². The average Bonchev–Trinajstić information content (AvgIpc) is 2.91. The Morgan fingerprint density at radius 3 is 2.42 bits per heavy atom. The van der Waals surface area contributed by atoms with Crippen LogP contribution in [0.3, 0.4) is 0 Å². The van der Waals surface area contributed by atoms with Crippen molar-refractivity contribution in [1.82, 2.24) is 10.6 Å².